The van der Waals surface area contributed by atoms with Gasteiger partial charge in [0.1, 0.15) is 0 Å². The molecule has 0 saturated carbocycles. The van der Waals surface area contributed by atoms with Crippen LogP contribution in [0.5, 0.6) is 0 Å². The van der Waals surface area contributed by atoms with Crippen molar-refractivity contribution < 1.29 is 0 Å². The molecule has 1 unspecified atom stereocenters. The van der Waals surface area contributed by atoms with Gasteiger partial charge in [-0.2, -0.15) is 0 Å². The lowest BCUT2D eigenvalue weighted by molar-refractivity contribution is 0.872. The van der Waals surface area contributed by atoms with Crippen LogP contribution >= 0.6 is 11.6 Å². The zero-order valence-electron chi connectivity index (χ0n) is 11.0. The van der Waals surface area contributed by atoms with Crippen molar-refractivity contribution in [3.05, 3.63) is 64.2 Å². The molecule has 0 radical (unpaired) electrons. The van der Waals surface area contributed by atoms with Crippen molar-refractivity contribution in [2.24, 2.45) is 0 Å². The summed E-state index contributed by atoms with van der Waals surface area (Å²) in [4.78, 5) is 0. The van der Waals surface area contributed by atoms with E-state index in [2.05, 4.69) is 44.3 Å². The Hall–Kier alpha value is -1.47. The fraction of sp³-hybridized carbons (Fsp3) is 0.250. The standard InChI is InChI=1S/C16H18ClN/c1-11-4-5-12(2)16(10-11)13(3)18-15-8-6-14(17)7-9-15/h4-10,13,18H,1-3H3. The fourth-order valence-electron chi connectivity index (χ4n) is 2.10. The first-order chi connectivity index (χ1) is 8.56. The molecule has 18 heavy (non-hydrogen) atoms. The molecular formula is C16H18ClN. The monoisotopic (exact) mass is 259 g/mol. The molecule has 0 aliphatic rings. The Bertz CT molecular complexity index is 531. The van der Waals surface area contributed by atoms with E-state index in [0.717, 1.165) is 10.7 Å². The van der Waals surface area contributed by atoms with Crippen molar-refractivity contribution >= 4 is 17.3 Å². The number of halogens is 1. The third-order valence-corrected chi connectivity index (χ3v) is 3.38. The van der Waals surface area contributed by atoms with Gasteiger partial charge in [0.2, 0.25) is 0 Å². The number of hydrogen-bond acceptors (Lipinski definition) is 1. The van der Waals surface area contributed by atoms with Gasteiger partial charge in [-0.05, 0) is 56.2 Å². The maximum atomic E-state index is 5.88. The van der Waals surface area contributed by atoms with Crippen LogP contribution in [0.25, 0.3) is 0 Å². The summed E-state index contributed by atoms with van der Waals surface area (Å²) in [7, 11) is 0. The number of benzene rings is 2. The average Bonchev–Trinajstić information content (AvgIpc) is 2.35. The summed E-state index contributed by atoms with van der Waals surface area (Å²) in [6.07, 6.45) is 0. The quantitative estimate of drug-likeness (QED) is 0.806. The molecule has 1 atom stereocenters. The normalized spacial score (nSPS) is 12.2. The lowest BCUT2D eigenvalue weighted by atomic mass is 10.00. The van der Waals surface area contributed by atoms with E-state index >= 15 is 0 Å². The van der Waals surface area contributed by atoms with Gasteiger partial charge in [0, 0.05) is 16.8 Å². The molecule has 2 rings (SSSR count). The Morgan fingerprint density at radius 2 is 1.67 bits per heavy atom. The SMILES string of the molecule is Cc1ccc(C)c(C(C)Nc2ccc(Cl)cc2)c1. The second-order valence-electron chi connectivity index (χ2n) is 4.73. The highest BCUT2D eigenvalue weighted by Crippen LogP contribution is 2.24. The van der Waals surface area contributed by atoms with Gasteiger partial charge in [0.05, 0.1) is 0 Å². The van der Waals surface area contributed by atoms with E-state index in [-0.39, 0.29) is 6.04 Å². The van der Waals surface area contributed by atoms with Gasteiger partial charge in [0.15, 0.2) is 0 Å². The number of aryl methyl sites for hydroxylation is 2. The summed E-state index contributed by atoms with van der Waals surface area (Å²) in [6.45, 7) is 6.45. The van der Waals surface area contributed by atoms with Gasteiger partial charge >= 0.3 is 0 Å². The molecule has 2 aromatic rings. The maximum Gasteiger partial charge on any atom is 0.0488 e. The molecule has 1 N–H and O–H groups in total. The van der Waals surface area contributed by atoms with E-state index in [0.29, 0.717) is 0 Å². The van der Waals surface area contributed by atoms with Crippen LogP contribution in [-0.4, -0.2) is 0 Å². The summed E-state index contributed by atoms with van der Waals surface area (Å²) in [5.74, 6) is 0. The third-order valence-electron chi connectivity index (χ3n) is 3.13. The van der Waals surface area contributed by atoms with Crippen molar-refractivity contribution in [3.63, 3.8) is 0 Å². The predicted octanol–water partition coefficient (Wildman–Crippen LogP) is 5.13. The van der Waals surface area contributed by atoms with Gasteiger partial charge in [-0.3, -0.25) is 0 Å². The van der Waals surface area contributed by atoms with Crippen molar-refractivity contribution in [2.75, 3.05) is 5.32 Å². The fourth-order valence-corrected chi connectivity index (χ4v) is 2.23. The highest BCUT2D eigenvalue weighted by atomic mass is 35.5. The summed E-state index contributed by atoms with van der Waals surface area (Å²) in [5.41, 5.74) is 5.03. The summed E-state index contributed by atoms with van der Waals surface area (Å²) in [6, 6.07) is 14.7. The lowest BCUT2D eigenvalue weighted by Crippen LogP contribution is -2.08. The molecule has 2 heteroatoms. The predicted molar refractivity (Wildman–Crippen MR) is 79.4 cm³/mol. The summed E-state index contributed by atoms with van der Waals surface area (Å²) < 4.78 is 0. The van der Waals surface area contributed by atoms with Crippen molar-refractivity contribution in [1.82, 2.24) is 0 Å². The van der Waals surface area contributed by atoms with Crippen LogP contribution < -0.4 is 5.32 Å². The Labute approximate surface area is 114 Å². The van der Waals surface area contributed by atoms with Gasteiger partial charge in [-0.1, -0.05) is 35.4 Å². The van der Waals surface area contributed by atoms with Gasteiger partial charge < -0.3 is 5.32 Å². The third kappa shape index (κ3) is 3.05. The number of rotatable bonds is 3. The van der Waals surface area contributed by atoms with E-state index in [4.69, 9.17) is 11.6 Å². The van der Waals surface area contributed by atoms with E-state index in [1.54, 1.807) is 0 Å². The zero-order chi connectivity index (χ0) is 13.1. The highest BCUT2D eigenvalue weighted by Gasteiger charge is 2.08. The molecule has 0 aliphatic carbocycles. The number of nitrogens with one attached hydrogen (secondary N) is 1. The first-order valence-electron chi connectivity index (χ1n) is 6.15. The highest BCUT2D eigenvalue weighted by molar-refractivity contribution is 6.30. The van der Waals surface area contributed by atoms with Crippen LogP contribution in [0.2, 0.25) is 5.02 Å². The van der Waals surface area contributed by atoms with E-state index in [1.807, 2.05) is 24.3 Å². The zero-order valence-corrected chi connectivity index (χ0v) is 11.8. The largest absolute Gasteiger partial charge is 0.379 e. The number of hydrogen-bond donors (Lipinski definition) is 1. The molecule has 0 saturated heterocycles. The van der Waals surface area contributed by atoms with Gasteiger partial charge in [-0.15, -0.1) is 0 Å². The molecule has 0 spiro atoms. The lowest BCUT2D eigenvalue weighted by Gasteiger charge is -2.18. The van der Waals surface area contributed by atoms with Crippen LogP contribution in [-0.2, 0) is 0 Å². The van der Waals surface area contributed by atoms with Gasteiger partial charge in [0.25, 0.3) is 0 Å². The molecule has 1 nitrogen and oxygen atoms in total. The molecule has 94 valence electrons. The second kappa shape index (κ2) is 5.45. The van der Waals surface area contributed by atoms with Crippen molar-refractivity contribution in [3.8, 4) is 0 Å². The van der Waals surface area contributed by atoms with Crippen LogP contribution in [0.3, 0.4) is 0 Å². The van der Waals surface area contributed by atoms with Gasteiger partial charge in [-0.25, -0.2) is 0 Å². The minimum Gasteiger partial charge on any atom is -0.379 e. The summed E-state index contributed by atoms with van der Waals surface area (Å²) >= 11 is 5.88. The first-order valence-corrected chi connectivity index (χ1v) is 6.53. The van der Waals surface area contributed by atoms with Crippen molar-refractivity contribution in [1.29, 1.82) is 0 Å². The van der Waals surface area contributed by atoms with E-state index in [1.165, 1.54) is 16.7 Å². The molecule has 0 fully saturated rings. The molecular weight excluding hydrogens is 242 g/mol. The molecule has 0 aliphatic heterocycles. The molecule has 0 amide bonds. The smallest absolute Gasteiger partial charge is 0.0488 e. The van der Waals surface area contributed by atoms with Crippen molar-refractivity contribution in [2.45, 2.75) is 26.8 Å². The van der Waals surface area contributed by atoms with Crippen LogP contribution in [0, 0.1) is 13.8 Å². The Morgan fingerprint density at radius 3 is 2.33 bits per heavy atom. The number of anilines is 1. The maximum absolute atomic E-state index is 5.88. The Balaban J connectivity index is 2.18. The minimum atomic E-state index is 0.283. The molecule has 2 aromatic carbocycles. The minimum absolute atomic E-state index is 0.283. The van der Waals surface area contributed by atoms with E-state index < -0.39 is 0 Å². The first kappa shape index (κ1) is 13.0. The summed E-state index contributed by atoms with van der Waals surface area (Å²) in [5, 5.41) is 4.26. The van der Waals surface area contributed by atoms with E-state index in [9.17, 15) is 0 Å². The Morgan fingerprint density at radius 1 is 1.00 bits per heavy atom. The topological polar surface area (TPSA) is 12.0 Å². The molecule has 0 aromatic heterocycles. The van der Waals surface area contributed by atoms with Crippen LogP contribution in [0.15, 0.2) is 42.5 Å². The molecule has 0 heterocycles. The average molecular weight is 260 g/mol. The molecule has 0 bridgehead atoms. The Kier molecular flexibility index (Phi) is 3.93. The van der Waals surface area contributed by atoms with Crippen LogP contribution in [0.4, 0.5) is 5.69 Å². The van der Waals surface area contributed by atoms with Crippen LogP contribution in [0.1, 0.15) is 29.7 Å². The second-order valence-corrected chi connectivity index (χ2v) is 5.17.